The lowest BCUT2D eigenvalue weighted by atomic mass is 10.2. The van der Waals surface area contributed by atoms with Crippen molar-refractivity contribution in [2.45, 2.75) is 19.4 Å². The third-order valence-electron chi connectivity index (χ3n) is 3.92. The van der Waals surface area contributed by atoms with Crippen LogP contribution in [0.4, 0.5) is 17.2 Å². The van der Waals surface area contributed by atoms with Crippen molar-refractivity contribution in [1.82, 2.24) is 15.3 Å². The van der Waals surface area contributed by atoms with Crippen LogP contribution in [0.2, 0.25) is 0 Å². The Balaban J connectivity index is 1.68. The molecule has 1 aromatic heterocycles. The van der Waals surface area contributed by atoms with E-state index in [1.807, 2.05) is 0 Å². The van der Waals surface area contributed by atoms with Crippen LogP contribution in [0.1, 0.15) is 23.8 Å². The Bertz CT molecular complexity index is 977. The summed E-state index contributed by atoms with van der Waals surface area (Å²) in [5.74, 6) is -0.199. The van der Waals surface area contributed by atoms with Gasteiger partial charge in [-0.1, -0.05) is 6.07 Å². The van der Waals surface area contributed by atoms with Crippen molar-refractivity contribution in [2.75, 3.05) is 22.1 Å². The van der Waals surface area contributed by atoms with Crippen LogP contribution in [0.25, 0.3) is 0 Å². The Morgan fingerprint density at radius 2 is 1.93 bits per heavy atom. The lowest BCUT2D eigenvalue weighted by Crippen LogP contribution is -2.36. The first-order valence-corrected chi connectivity index (χ1v) is 10.1. The summed E-state index contributed by atoms with van der Waals surface area (Å²) in [6, 6.07) is 8.11. The predicted octanol–water partition coefficient (Wildman–Crippen LogP) is 1.10. The van der Waals surface area contributed by atoms with Gasteiger partial charge in [-0.3, -0.25) is 9.59 Å². The maximum Gasteiger partial charge on any atom is 0.270 e. The molecule has 2 heterocycles. The third-order valence-corrected chi connectivity index (χ3v) is 5.69. The SMILES string of the molecule is CC(=O)Nc1cccc(Nc2cc(C(=O)NC3CCS(=O)(=O)C3)ncn2)c1. The first kappa shape index (κ1) is 18.8. The second kappa shape index (κ2) is 7.70. The van der Waals surface area contributed by atoms with E-state index in [1.54, 1.807) is 24.3 Å². The number of sulfone groups is 1. The monoisotopic (exact) mass is 389 g/mol. The summed E-state index contributed by atoms with van der Waals surface area (Å²) in [5, 5.41) is 8.41. The van der Waals surface area contributed by atoms with Crippen LogP contribution in [0.15, 0.2) is 36.7 Å². The fourth-order valence-electron chi connectivity index (χ4n) is 2.74. The second-order valence-electron chi connectivity index (χ2n) is 6.25. The first-order chi connectivity index (χ1) is 12.8. The molecule has 1 aliphatic heterocycles. The molecule has 1 unspecified atom stereocenters. The van der Waals surface area contributed by atoms with Crippen molar-refractivity contribution < 1.29 is 18.0 Å². The van der Waals surface area contributed by atoms with E-state index < -0.39 is 21.8 Å². The topological polar surface area (TPSA) is 130 Å². The number of nitrogens with one attached hydrogen (secondary N) is 3. The van der Waals surface area contributed by atoms with E-state index in [-0.39, 0.29) is 23.1 Å². The van der Waals surface area contributed by atoms with E-state index in [9.17, 15) is 18.0 Å². The molecule has 2 amide bonds. The quantitative estimate of drug-likeness (QED) is 0.698. The predicted molar refractivity (Wildman–Crippen MR) is 101 cm³/mol. The van der Waals surface area contributed by atoms with Crippen molar-refractivity contribution in [1.29, 1.82) is 0 Å². The number of anilines is 3. The molecule has 1 saturated heterocycles. The molecular weight excluding hydrogens is 370 g/mol. The summed E-state index contributed by atoms with van der Waals surface area (Å²) in [7, 11) is -3.07. The van der Waals surface area contributed by atoms with Gasteiger partial charge in [0, 0.05) is 30.4 Å². The fourth-order valence-corrected chi connectivity index (χ4v) is 4.42. The molecule has 0 saturated carbocycles. The van der Waals surface area contributed by atoms with E-state index >= 15 is 0 Å². The normalized spacial score (nSPS) is 17.9. The van der Waals surface area contributed by atoms with Gasteiger partial charge in [0.1, 0.15) is 17.8 Å². The van der Waals surface area contributed by atoms with Crippen LogP contribution in [0.5, 0.6) is 0 Å². The van der Waals surface area contributed by atoms with E-state index in [4.69, 9.17) is 0 Å². The van der Waals surface area contributed by atoms with E-state index in [1.165, 1.54) is 19.3 Å². The minimum absolute atomic E-state index is 0.0507. The second-order valence-corrected chi connectivity index (χ2v) is 8.48. The largest absolute Gasteiger partial charge is 0.347 e. The van der Waals surface area contributed by atoms with Gasteiger partial charge in [0.25, 0.3) is 5.91 Å². The van der Waals surface area contributed by atoms with Gasteiger partial charge in [-0.15, -0.1) is 0 Å². The number of hydrogen-bond acceptors (Lipinski definition) is 7. The smallest absolute Gasteiger partial charge is 0.270 e. The summed E-state index contributed by atoms with van der Waals surface area (Å²) < 4.78 is 23.0. The number of rotatable bonds is 5. The highest BCUT2D eigenvalue weighted by Gasteiger charge is 2.29. The number of carbonyl (C=O) groups is 2. The Morgan fingerprint density at radius 1 is 1.15 bits per heavy atom. The van der Waals surface area contributed by atoms with E-state index in [0.29, 0.717) is 23.6 Å². The minimum atomic E-state index is -3.07. The summed E-state index contributed by atoms with van der Waals surface area (Å²) in [6.45, 7) is 1.42. The Morgan fingerprint density at radius 3 is 2.63 bits per heavy atom. The van der Waals surface area contributed by atoms with E-state index in [2.05, 4.69) is 25.9 Å². The summed E-state index contributed by atoms with van der Waals surface area (Å²) in [6.07, 6.45) is 1.65. The molecule has 0 radical (unpaired) electrons. The number of nitrogens with zero attached hydrogens (tertiary/aromatic N) is 2. The lowest BCUT2D eigenvalue weighted by molar-refractivity contribution is -0.114. The van der Waals surface area contributed by atoms with E-state index in [0.717, 1.165) is 0 Å². The van der Waals surface area contributed by atoms with Gasteiger partial charge in [0.05, 0.1) is 11.5 Å². The average Bonchev–Trinajstić information content (AvgIpc) is 2.93. The van der Waals surface area contributed by atoms with Crippen molar-refractivity contribution in [3.8, 4) is 0 Å². The molecule has 2 aromatic rings. The van der Waals surface area contributed by atoms with Crippen LogP contribution in [0.3, 0.4) is 0 Å². The zero-order valence-electron chi connectivity index (χ0n) is 14.6. The lowest BCUT2D eigenvalue weighted by Gasteiger charge is -2.11. The van der Waals surface area contributed by atoms with Crippen LogP contribution in [-0.2, 0) is 14.6 Å². The van der Waals surface area contributed by atoms with Gasteiger partial charge in [0.15, 0.2) is 9.84 Å². The number of carbonyl (C=O) groups excluding carboxylic acids is 2. The highest BCUT2D eigenvalue weighted by molar-refractivity contribution is 7.91. The highest BCUT2D eigenvalue weighted by atomic mass is 32.2. The summed E-state index contributed by atoms with van der Waals surface area (Å²) >= 11 is 0. The molecule has 9 nitrogen and oxygen atoms in total. The van der Waals surface area contributed by atoms with Crippen molar-refractivity contribution in [3.05, 3.63) is 42.4 Å². The maximum atomic E-state index is 12.3. The molecule has 0 spiro atoms. The van der Waals surface area contributed by atoms with Crippen molar-refractivity contribution >= 4 is 38.8 Å². The van der Waals surface area contributed by atoms with Gasteiger partial charge >= 0.3 is 0 Å². The Hall–Kier alpha value is -3.01. The number of amides is 2. The maximum absolute atomic E-state index is 12.3. The van der Waals surface area contributed by atoms with Crippen molar-refractivity contribution in [3.63, 3.8) is 0 Å². The molecule has 1 aliphatic rings. The molecular formula is C17H19N5O4S. The number of aromatic nitrogens is 2. The third kappa shape index (κ3) is 5.23. The summed E-state index contributed by atoms with van der Waals surface area (Å²) in [5.41, 5.74) is 1.44. The van der Waals surface area contributed by atoms with Crippen LogP contribution in [-0.4, -0.2) is 47.7 Å². The van der Waals surface area contributed by atoms with Crippen molar-refractivity contribution in [2.24, 2.45) is 0 Å². The average molecular weight is 389 g/mol. The molecule has 1 fully saturated rings. The Kier molecular flexibility index (Phi) is 5.36. The Labute approximate surface area is 156 Å². The molecule has 10 heteroatoms. The van der Waals surface area contributed by atoms with Gasteiger partial charge < -0.3 is 16.0 Å². The molecule has 3 N–H and O–H groups in total. The standard InChI is InChI=1S/C17H19N5O4S/c1-11(23)20-12-3-2-4-13(7-12)21-16-8-15(18-10-19-16)17(24)22-14-5-6-27(25,26)9-14/h2-4,7-8,10,14H,5-6,9H2,1H3,(H,20,23)(H,22,24)(H,18,19,21). The summed E-state index contributed by atoms with van der Waals surface area (Å²) in [4.78, 5) is 31.5. The van der Waals surface area contributed by atoms with Crippen LogP contribution in [0, 0.1) is 0 Å². The van der Waals surface area contributed by atoms with Gasteiger partial charge in [0.2, 0.25) is 5.91 Å². The van der Waals surface area contributed by atoms with Gasteiger partial charge in [-0.05, 0) is 24.6 Å². The molecule has 142 valence electrons. The first-order valence-electron chi connectivity index (χ1n) is 8.29. The highest BCUT2D eigenvalue weighted by Crippen LogP contribution is 2.19. The minimum Gasteiger partial charge on any atom is -0.347 e. The zero-order chi connectivity index (χ0) is 19.4. The van der Waals surface area contributed by atoms with Crippen LogP contribution < -0.4 is 16.0 Å². The number of benzene rings is 1. The molecule has 1 atom stereocenters. The fraction of sp³-hybridized carbons (Fsp3) is 0.294. The van der Waals surface area contributed by atoms with Gasteiger partial charge in [-0.2, -0.15) is 0 Å². The number of hydrogen-bond donors (Lipinski definition) is 3. The van der Waals surface area contributed by atoms with Gasteiger partial charge in [-0.25, -0.2) is 18.4 Å². The molecule has 27 heavy (non-hydrogen) atoms. The zero-order valence-corrected chi connectivity index (χ0v) is 15.4. The van der Waals surface area contributed by atoms with Crippen LogP contribution >= 0.6 is 0 Å². The molecule has 1 aromatic carbocycles. The molecule has 3 rings (SSSR count). The molecule has 0 aliphatic carbocycles. The molecule has 0 bridgehead atoms.